The number of nitrogens with zero attached hydrogens (tertiary/aromatic N) is 1. The molecule has 3 fully saturated rings. The Hall–Kier alpha value is -3.92. The van der Waals surface area contributed by atoms with Crippen LogP contribution in [0.5, 0.6) is 17.2 Å². The lowest BCUT2D eigenvalue weighted by molar-refractivity contribution is -0.183. The van der Waals surface area contributed by atoms with Crippen molar-refractivity contribution in [2.45, 2.75) is 31.7 Å². The number of amides is 1. The van der Waals surface area contributed by atoms with Crippen molar-refractivity contribution in [2.75, 3.05) is 40.0 Å². The van der Waals surface area contributed by atoms with E-state index in [0.717, 1.165) is 59.6 Å². The molecule has 1 aromatic heterocycles. The molecular formula is C33H35N3O6. The summed E-state index contributed by atoms with van der Waals surface area (Å²) in [6.45, 7) is 4.06. The maximum atomic E-state index is 11.8. The predicted octanol–water partition coefficient (Wildman–Crippen LogP) is 4.59. The van der Waals surface area contributed by atoms with Gasteiger partial charge in [0.05, 0.1) is 39.0 Å². The number of hydrogen-bond acceptors (Lipinski definition) is 8. The molecule has 1 saturated carbocycles. The van der Waals surface area contributed by atoms with Crippen LogP contribution in [0, 0.1) is 11.3 Å². The van der Waals surface area contributed by atoms with Crippen molar-refractivity contribution in [1.82, 2.24) is 10.3 Å². The van der Waals surface area contributed by atoms with E-state index in [1.807, 2.05) is 48.5 Å². The molecule has 1 aliphatic carbocycles. The summed E-state index contributed by atoms with van der Waals surface area (Å²) in [5, 5.41) is 6.10. The summed E-state index contributed by atoms with van der Waals surface area (Å²) in [4.78, 5) is 16.3. The first-order chi connectivity index (χ1) is 20.5. The molecule has 9 nitrogen and oxygen atoms in total. The summed E-state index contributed by atoms with van der Waals surface area (Å²) in [5.41, 5.74) is 7.90. The highest BCUT2D eigenvalue weighted by Gasteiger charge is 2.71. The normalized spacial score (nSPS) is 22.3. The molecule has 2 unspecified atom stereocenters. The summed E-state index contributed by atoms with van der Waals surface area (Å²) >= 11 is 0. The van der Waals surface area contributed by atoms with E-state index in [4.69, 9.17) is 29.4 Å². The maximum Gasteiger partial charge on any atom is 0.249 e. The zero-order valence-corrected chi connectivity index (χ0v) is 23.7. The van der Waals surface area contributed by atoms with Gasteiger partial charge in [0.15, 0.2) is 17.3 Å². The smallest absolute Gasteiger partial charge is 0.249 e. The molecule has 2 saturated heterocycles. The van der Waals surface area contributed by atoms with E-state index in [-0.39, 0.29) is 5.41 Å². The molecule has 3 aromatic carbocycles. The SMILES string of the molecule is COc1cc2c(OCc3ccc4c(C(N)=O)cccc4c3)ccnc2cc1OCCCC1CC12CNCC21OCCO1. The van der Waals surface area contributed by atoms with Gasteiger partial charge in [-0.15, -0.1) is 0 Å². The van der Waals surface area contributed by atoms with Gasteiger partial charge in [-0.2, -0.15) is 0 Å². The Morgan fingerprint density at radius 2 is 1.90 bits per heavy atom. The third-order valence-corrected chi connectivity index (χ3v) is 9.09. The maximum absolute atomic E-state index is 11.8. The fraction of sp³-hybridized carbons (Fsp3) is 0.394. The zero-order chi connectivity index (χ0) is 28.7. The summed E-state index contributed by atoms with van der Waals surface area (Å²) in [6, 6.07) is 17.1. The van der Waals surface area contributed by atoms with Crippen molar-refractivity contribution < 1.29 is 28.5 Å². The first-order valence-corrected chi connectivity index (χ1v) is 14.5. The van der Waals surface area contributed by atoms with Crippen molar-refractivity contribution in [2.24, 2.45) is 17.1 Å². The van der Waals surface area contributed by atoms with Crippen molar-refractivity contribution in [3.8, 4) is 17.2 Å². The standard InChI is InChI=1S/C33H35N3O6/c1-38-29-15-26-27(16-30(29)39-11-3-5-23-17-32(23)19-35-20-33(32)41-12-13-42-33)36-10-9-28(26)40-18-21-7-8-24-22(14-21)4-2-6-25(24)31(34)37/h2,4,6-10,14-16,23,35H,3,5,11-13,17-20H2,1H3,(H2,34,37). The topological polar surface area (TPSA) is 114 Å². The Morgan fingerprint density at radius 3 is 2.74 bits per heavy atom. The number of primary amides is 1. The molecule has 4 aromatic rings. The van der Waals surface area contributed by atoms with E-state index in [1.54, 1.807) is 19.4 Å². The van der Waals surface area contributed by atoms with Gasteiger partial charge in [0.2, 0.25) is 5.91 Å². The Morgan fingerprint density at radius 1 is 1.02 bits per heavy atom. The largest absolute Gasteiger partial charge is 0.493 e. The molecule has 3 aliphatic rings. The lowest BCUT2D eigenvalue weighted by Crippen LogP contribution is -2.41. The van der Waals surface area contributed by atoms with Crippen LogP contribution in [0.25, 0.3) is 21.7 Å². The molecule has 0 bridgehead atoms. The number of rotatable bonds is 10. The number of hydrogen-bond donors (Lipinski definition) is 2. The Bertz CT molecular complexity index is 1650. The number of ether oxygens (including phenoxy) is 5. The van der Waals surface area contributed by atoms with Crippen molar-refractivity contribution >= 4 is 27.6 Å². The first-order valence-electron chi connectivity index (χ1n) is 14.5. The molecule has 42 heavy (non-hydrogen) atoms. The Kier molecular flexibility index (Phi) is 6.88. The zero-order valence-electron chi connectivity index (χ0n) is 23.7. The van der Waals surface area contributed by atoms with Crippen LogP contribution in [-0.4, -0.2) is 56.7 Å². The van der Waals surface area contributed by atoms with Gasteiger partial charge in [-0.3, -0.25) is 9.78 Å². The molecule has 3 heterocycles. The third-order valence-electron chi connectivity index (χ3n) is 9.09. The average Bonchev–Trinajstić information content (AvgIpc) is 3.32. The van der Waals surface area contributed by atoms with Crippen LogP contribution < -0.4 is 25.3 Å². The van der Waals surface area contributed by atoms with Gasteiger partial charge in [0.1, 0.15) is 12.4 Å². The number of pyridine rings is 1. The number of aromatic nitrogens is 1. The Balaban J connectivity index is 1.01. The average molecular weight is 570 g/mol. The fourth-order valence-electron chi connectivity index (χ4n) is 6.88. The van der Waals surface area contributed by atoms with E-state index < -0.39 is 11.7 Å². The molecule has 0 radical (unpaired) electrons. The van der Waals surface area contributed by atoms with Crippen molar-refractivity contribution in [1.29, 1.82) is 0 Å². The highest BCUT2D eigenvalue weighted by atomic mass is 16.7. The molecule has 9 heteroatoms. The van der Waals surface area contributed by atoms with Crippen LogP contribution in [0.3, 0.4) is 0 Å². The van der Waals surface area contributed by atoms with E-state index in [0.29, 0.717) is 55.2 Å². The van der Waals surface area contributed by atoms with E-state index in [2.05, 4.69) is 10.3 Å². The lowest BCUT2D eigenvalue weighted by Gasteiger charge is -2.29. The molecule has 7 rings (SSSR count). The van der Waals surface area contributed by atoms with E-state index in [9.17, 15) is 4.79 Å². The minimum Gasteiger partial charge on any atom is -0.493 e. The fourth-order valence-corrected chi connectivity index (χ4v) is 6.88. The van der Waals surface area contributed by atoms with Crippen LogP contribution in [-0.2, 0) is 16.1 Å². The second kappa shape index (κ2) is 10.7. The number of benzene rings is 3. The predicted molar refractivity (Wildman–Crippen MR) is 158 cm³/mol. The van der Waals surface area contributed by atoms with E-state index >= 15 is 0 Å². The van der Waals surface area contributed by atoms with Crippen LogP contribution >= 0.6 is 0 Å². The second-order valence-electron chi connectivity index (χ2n) is 11.4. The molecule has 1 amide bonds. The quantitative estimate of drug-likeness (QED) is 0.267. The molecule has 2 aliphatic heterocycles. The summed E-state index contributed by atoms with van der Waals surface area (Å²) in [7, 11) is 1.64. The summed E-state index contributed by atoms with van der Waals surface area (Å²) < 4.78 is 30.3. The van der Waals surface area contributed by atoms with Gasteiger partial charge in [0, 0.05) is 35.2 Å². The van der Waals surface area contributed by atoms with Gasteiger partial charge in [-0.05, 0) is 65.8 Å². The highest BCUT2D eigenvalue weighted by Crippen LogP contribution is 2.65. The van der Waals surface area contributed by atoms with Crippen LogP contribution in [0.1, 0.15) is 35.2 Å². The molecule has 2 spiro atoms. The Labute approximate surface area is 244 Å². The minimum atomic E-state index is -0.439. The number of methoxy groups -OCH3 is 1. The number of nitrogens with one attached hydrogen (secondary N) is 1. The first kappa shape index (κ1) is 26.9. The van der Waals surface area contributed by atoms with Crippen LogP contribution in [0.15, 0.2) is 60.8 Å². The lowest BCUT2D eigenvalue weighted by atomic mass is 9.94. The van der Waals surface area contributed by atoms with Crippen LogP contribution in [0.2, 0.25) is 0 Å². The van der Waals surface area contributed by atoms with Gasteiger partial charge < -0.3 is 34.7 Å². The van der Waals surface area contributed by atoms with Gasteiger partial charge in [-0.25, -0.2) is 0 Å². The third kappa shape index (κ3) is 4.62. The van der Waals surface area contributed by atoms with Gasteiger partial charge >= 0.3 is 0 Å². The monoisotopic (exact) mass is 569 g/mol. The van der Waals surface area contributed by atoms with E-state index in [1.165, 1.54) is 0 Å². The number of fused-ring (bicyclic) bond motifs is 3. The van der Waals surface area contributed by atoms with Crippen LogP contribution in [0.4, 0.5) is 0 Å². The minimum absolute atomic E-state index is 0.115. The van der Waals surface area contributed by atoms with Gasteiger partial charge in [0.25, 0.3) is 0 Å². The number of carbonyl (C=O) groups excluding carboxylic acids is 1. The highest BCUT2D eigenvalue weighted by molar-refractivity contribution is 6.06. The summed E-state index contributed by atoms with van der Waals surface area (Å²) in [6.07, 6.45) is 4.88. The summed E-state index contributed by atoms with van der Waals surface area (Å²) in [5.74, 6) is 1.73. The van der Waals surface area contributed by atoms with Crippen molar-refractivity contribution in [3.63, 3.8) is 0 Å². The number of nitrogens with two attached hydrogens (primary N) is 1. The molecular weight excluding hydrogens is 534 g/mol. The second-order valence-corrected chi connectivity index (χ2v) is 11.4. The van der Waals surface area contributed by atoms with Gasteiger partial charge in [-0.1, -0.05) is 24.3 Å². The van der Waals surface area contributed by atoms with Crippen molar-refractivity contribution in [3.05, 3.63) is 71.9 Å². The molecule has 2 atom stereocenters. The molecule has 3 N–H and O–H groups in total. The number of carbonyl (C=O) groups is 1. The molecule has 218 valence electrons.